The third-order valence-electron chi connectivity index (χ3n) is 2.99. The van der Waals surface area contributed by atoms with Crippen LogP contribution in [0.1, 0.15) is 6.42 Å². The van der Waals surface area contributed by atoms with Gasteiger partial charge in [-0.3, -0.25) is 10.1 Å². The van der Waals surface area contributed by atoms with E-state index >= 15 is 0 Å². The lowest BCUT2D eigenvalue weighted by Crippen LogP contribution is -2.22. The maximum atomic E-state index is 10.8. The van der Waals surface area contributed by atoms with Crippen molar-refractivity contribution in [2.45, 2.75) is 6.42 Å². The third-order valence-corrected chi connectivity index (χ3v) is 3.18. The molecule has 0 radical (unpaired) electrons. The fourth-order valence-electron chi connectivity index (χ4n) is 2.15. The normalized spacial score (nSPS) is 19.2. The molecule has 0 N–H and O–H groups in total. The van der Waals surface area contributed by atoms with Gasteiger partial charge in [-0.1, -0.05) is 11.6 Å². The highest BCUT2D eigenvalue weighted by Crippen LogP contribution is 2.27. The number of nitro groups is 1. The first-order valence-electron chi connectivity index (χ1n) is 5.66. The van der Waals surface area contributed by atoms with Gasteiger partial charge in [0.1, 0.15) is 11.0 Å². The van der Waals surface area contributed by atoms with Crippen LogP contribution in [0, 0.1) is 16.0 Å². The van der Waals surface area contributed by atoms with E-state index in [4.69, 9.17) is 16.3 Å². The Labute approximate surface area is 110 Å². The van der Waals surface area contributed by atoms with Crippen molar-refractivity contribution in [2.75, 3.05) is 31.7 Å². The van der Waals surface area contributed by atoms with Gasteiger partial charge in [0, 0.05) is 26.1 Å². The summed E-state index contributed by atoms with van der Waals surface area (Å²) in [7, 11) is 1.67. The molecule has 18 heavy (non-hydrogen) atoms. The fraction of sp³-hybridized carbons (Fsp3) is 0.545. The molecule has 1 fully saturated rings. The van der Waals surface area contributed by atoms with Crippen molar-refractivity contribution in [3.05, 3.63) is 27.4 Å². The van der Waals surface area contributed by atoms with Crippen molar-refractivity contribution in [3.63, 3.8) is 0 Å². The van der Waals surface area contributed by atoms with E-state index < -0.39 is 4.92 Å². The molecule has 2 heterocycles. The van der Waals surface area contributed by atoms with E-state index in [1.54, 1.807) is 7.11 Å². The largest absolute Gasteiger partial charge is 0.384 e. The van der Waals surface area contributed by atoms with Gasteiger partial charge < -0.3 is 9.64 Å². The maximum absolute atomic E-state index is 10.8. The van der Waals surface area contributed by atoms with E-state index in [1.807, 2.05) is 4.90 Å². The molecule has 6 nitrogen and oxygen atoms in total. The average molecular weight is 272 g/mol. The Balaban J connectivity index is 2.16. The zero-order chi connectivity index (χ0) is 13.1. The smallest absolute Gasteiger partial charge is 0.276 e. The lowest BCUT2D eigenvalue weighted by atomic mass is 10.1. The highest BCUT2D eigenvalue weighted by Gasteiger charge is 2.25. The molecule has 0 bridgehead atoms. The van der Waals surface area contributed by atoms with Crippen molar-refractivity contribution in [1.82, 2.24) is 4.98 Å². The topological polar surface area (TPSA) is 68.5 Å². The van der Waals surface area contributed by atoms with Crippen LogP contribution in [0.2, 0.25) is 5.15 Å². The molecule has 0 saturated carbocycles. The minimum Gasteiger partial charge on any atom is -0.384 e. The Kier molecular flexibility index (Phi) is 3.98. The van der Waals surface area contributed by atoms with E-state index in [1.165, 1.54) is 12.1 Å². The highest BCUT2D eigenvalue weighted by molar-refractivity contribution is 6.29. The number of hydrogen-bond donors (Lipinski definition) is 0. The summed E-state index contributed by atoms with van der Waals surface area (Å²) in [5.41, 5.74) is -0.0276. The number of ether oxygens (including phenoxy) is 1. The number of aromatic nitrogens is 1. The molecule has 0 spiro atoms. The van der Waals surface area contributed by atoms with Gasteiger partial charge in [-0.05, 0) is 6.42 Å². The first kappa shape index (κ1) is 13.0. The van der Waals surface area contributed by atoms with Gasteiger partial charge in [-0.25, -0.2) is 4.98 Å². The number of hydrogen-bond acceptors (Lipinski definition) is 5. The number of methoxy groups -OCH3 is 1. The number of pyridine rings is 1. The van der Waals surface area contributed by atoms with Crippen LogP contribution in [0.15, 0.2) is 12.1 Å². The molecule has 1 atom stereocenters. The minimum absolute atomic E-state index is 0.0276. The fourth-order valence-corrected chi connectivity index (χ4v) is 2.35. The summed E-state index contributed by atoms with van der Waals surface area (Å²) in [6.07, 6.45) is 0.996. The number of halogens is 1. The SMILES string of the molecule is COCC1CCN(c2cc([N+](=O)[O-])cc(Cl)n2)C1. The van der Waals surface area contributed by atoms with Crippen LogP contribution in [0.4, 0.5) is 11.5 Å². The molecule has 7 heteroatoms. The van der Waals surface area contributed by atoms with Gasteiger partial charge in [0.25, 0.3) is 5.69 Å². The lowest BCUT2D eigenvalue weighted by Gasteiger charge is -2.17. The molecule has 1 saturated heterocycles. The molecule has 98 valence electrons. The van der Waals surface area contributed by atoms with Gasteiger partial charge in [0.15, 0.2) is 0 Å². The van der Waals surface area contributed by atoms with Crippen LogP contribution in [0.25, 0.3) is 0 Å². The second kappa shape index (κ2) is 5.49. The molecule has 0 aromatic carbocycles. The van der Waals surface area contributed by atoms with Crippen molar-refractivity contribution < 1.29 is 9.66 Å². The zero-order valence-corrected chi connectivity index (χ0v) is 10.8. The Hall–Kier alpha value is -1.40. The van der Waals surface area contributed by atoms with Gasteiger partial charge in [-0.15, -0.1) is 0 Å². The van der Waals surface area contributed by atoms with E-state index in [-0.39, 0.29) is 10.8 Å². The van der Waals surface area contributed by atoms with Crippen LogP contribution in [-0.4, -0.2) is 36.7 Å². The molecule has 1 aromatic heterocycles. The van der Waals surface area contributed by atoms with Crippen LogP contribution < -0.4 is 4.90 Å². The van der Waals surface area contributed by atoms with E-state index in [0.717, 1.165) is 19.5 Å². The molecule has 0 amide bonds. The first-order chi connectivity index (χ1) is 8.60. The molecule has 1 unspecified atom stereocenters. The third kappa shape index (κ3) is 2.88. The molecular weight excluding hydrogens is 258 g/mol. The average Bonchev–Trinajstić information content (AvgIpc) is 2.77. The zero-order valence-electron chi connectivity index (χ0n) is 10.0. The summed E-state index contributed by atoms with van der Waals surface area (Å²) in [4.78, 5) is 16.5. The van der Waals surface area contributed by atoms with Crippen molar-refractivity contribution in [1.29, 1.82) is 0 Å². The Morgan fingerprint density at radius 2 is 2.44 bits per heavy atom. The second-order valence-electron chi connectivity index (χ2n) is 4.32. The van der Waals surface area contributed by atoms with Crippen molar-refractivity contribution in [2.24, 2.45) is 5.92 Å². The van der Waals surface area contributed by atoms with Crippen LogP contribution in [-0.2, 0) is 4.74 Å². The standard InChI is InChI=1S/C11H14ClN3O3/c1-18-7-8-2-3-14(6-8)11-5-9(15(16)17)4-10(12)13-11/h4-5,8H,2-3,6-7H2,1H3. The Morgan fingerprint density at radius 3 is 3.11 bits per heavy atom. The second-order valence-corrected chi connectivity index (χ2v) is 4.71. The molecule has 1 aliphatic heterocycles. The first-order valence-corrected chi connectivity index (χ1v) is 6.04. The highest BCUT2D eigenvalue weighted by atomic mass is 35.5. The summed E-state index contributed by atoms with van der Waals surface area (Å²) in [5.74, 6) is 1.00. The Bertz CT molecular complexity index is 455. The summed E-state index contributed by atoms with van der Waals surface area (Å²) in [5, 5.41) is 10.9. The number of nitrogens with zero attached hydrogens (tertiary/aromatic N) is 3. The molecule has 1 aromatic rings. The van der Waals surface area contributed by atoms with Gasteiger partial charge in [0.2, 0.25) is 0 Å². The minimum atomic E-state index is -0.459. The summed E-state index contributed by atoms with van der Waals surface area (Å²) in [6, 6.07) is 2.72. The van der Waals surface area contributed by atoms with Gasteiger partial charge in [-0.2, -0.15) is 0 Å². The molecular formula is C11H14ClN3O3. The number of anilines is 1. The predicted molar refractivity (Wildman–Crippen MR) is 68.1 cm³/mol. The monoisotopic (exact) mass is 271 g/mol. The van der Waals surface area contributed by atoms with Crippen LogP contribution in [0.3, 0.4) is 0 Å². The van der Waals surface area contributed by atoms with Crippen molar-refractivity contribution in [3.8, 4) is 0 Å². The van der Waals surface area contributed by atoms with Gasteiger partial charge >= 0.3 is 0 Å². The predicted octanol–water partition coefficient (Wildman–Crippen LogP) is 2.12. The van der Waals surface area contributed by atoms with Gasteiger partial charge in [0.05, 0.1) is 23.7 Å². The molecule has 0 aliphatic carbocycles. The lowest BCUT2D eigenvalue weighted by molar-refractivity contribution is -0.384. The van der Waals surface area contributed by atoms with Crippen LogP contribution in [0.5, 0.6) is 0 Å². The summed E-state index contributed by atoms with van der Waals surface area (Å²) in [6.45, 7) is 2.30. The number of rotatable bonds is 4. The quantitative estimate of drug-likeness (QED) is 0.477. The van der Waals surface area contributed by atoms with E-state index in [0.29, 0.717) is 18.3 Å². The molecule has 1 aliphatic rings. The van der Waals surface area contributed by atoms with Crippen molar-refractivity contribution >= 4 is 23.1 Å². The van der Waals surface area contributed by atoms with E-state index in [2.05, 4.69) is 4.98 Å². The summed E-state index contributed by atoms with van der Waals surface area (Å²) < 4.78 is 5.11. The maximum Gasteiger partial charge on any atom is 0.276 e. The van der Waals surface area contributed by atoms with E-state index in [9.17, 15) is 10.1 Å². The van der Waals surface area contributed by atoms with Crippen LogP contribution >= 0.6 is 11.6 Å². The summed E-state index contributed by atoms with van der Waals surface area (Å²) >= 11 is 5.80. The molecule has 2 rings (SSSR count). The Morgan fingerprint density at radius 1 is 1.67 bits per heavy atom.